The van der Waals surface area contributed by atoms with Crippen molar-refractivity contribution in [3.63, 3.8) is 0 Å². The Hall–Kier alpha value is -2.00. The SMILES string of the molecule is CCC(c1ccc(OC(CC(C)(C)C)OCCOc2ccccc2)cc1)C(C)(C)C. The molecule has 0 aliphatic heterocycles. The summed E-state index contributed by atoms with van der Waals surface area (Å²) >= 11 is 0. The molecule has 0 N–H and O–H groups in total. The fourth-order valence-electron chi connectivity index (χ4n) is 3.77. The summed E-state index contributed by atoms with van der Waals surface area (Å²) in [6.45, 7) is 16.7. The predicted molar refractivity (Wildman–Crippen MR) is 125 cm³/mol. The Morgan fingerprint density at radius 2 is 1.40 bits per heavy atom. The number of ether oxygens (including phenoxy) is 3. The molecule has 0 heterocycles. The first-order valence-corrected chi connectivity index (χ1v) is 11.1. The van der Waals surface area contributed by atoms with Crippen molar-refractivity contribution in [2.75, 3.05) is 13.2 Å². The summed E-state index contributed by atoms with van der Waals surface area (Å²) in [6.07, 6.45) is 1.63. The van der Waals surface area contributed by atoms with Gasteiger partial charge in [-0.1, -0.05) is 78.8 Å². The van der Waals surface area contributed by atoms with Gasteiger partial charge in [0.1, 0.15) is 18.1 Å². The van der Waals surface area contributed by atoms with Gasteiger partial charge in [-0.2, -0.15) is 0 Å². The highest BCUT2D eigenvalue weighted by Gasteiger charge is 2.25. The molecule has 0 spiro atoms. The lowest BCUT2D eigenvalue weighted by Gasteiger charge is -2.30. The van der Waals surface area contributed by atoms with Crippen LogP contribution in [0.15, 0.2) is 54.6 Å². The second-order valence-electron chi connectivity index (χ2n) is 10.2. The van der Waals surface area contributed by atoms with E-state index in [-0.39, 0.29) is 17.1 Å². The molecule has 2 aromatic rings. The first kappa shape index (κ1) is 24.3. The van der Waals surface area contributed by atoms with Crippen LogP contribution in [0.2, 0.25) is 0 Å². The number of hydrogen-bond donors (Lipinski definition) is 0. The minimum absolute atomic E-state index is 0.102. The van der Waals surface area contributed by atoms with E-state index in [1.807, 2.05) is 30.3 Å². The van der Waals surface area contributed by atoms with Gasteiger partial charge >= 0.3 is 0 Å². The topological polar surface area (TPSA) is 27.7 Å². The third kappa shape index (κ3) is 8.39. The van der Waals surface area contributed by atoms with Gasteiger partial charge < -0.3 is 14.2 Å². The lowest BCUT2D eigenvalue weighted by Crippen LogP contribution is -2.28. The quantitative estimate of drug-likeness (QED) is 0.299. The molecule has 0 aromatic heterocycles. The molecule has 3 heteroatoms. The lowest BCUT2D eigenvalue weighted by molar-refractivity contribution is -0.105. The van der Waals surface area contributed by atoms with E-state index in [9.17, 15) is 0 Å². The monoisotopic (exact) mass is 412 g/mol. The second-order valence-corrected chi connectivity index (χ2v) is 10.2. The van der Waals surface area contributed by atoms with E-state index in [4.69, 9.17) is 14.2 Å². The standard InChI is InChI=1S/C27H40O3/c1-8-24(27(5,6)7)21-14-16-23(17-15-21)30-25(20-26(2,3)4)29-19-18-28-22-12-10-9-11-13-22/h9-17,24-25H,8,18-20H2,1-7H3. The van der Waals surface area contributed by atoms with Crippen LogP contribution in [0.1, 0.15) is 72.8 Å². The summed E-state index contributed by atoms with van der Waals surface area (Å²) in [6, 6.07) is 18.3. The van der Waals surface area contributed by atoms with Crippen molar-refractivity contribution in [1.29, 1.82) is 0 Å². The van der Waals surface area contributed by atoms with E-state index in [1.54, 1.807) is 0 Å². The van der Waals surface area contributed by atoms with Gasteiger partial charge in [0.2, 0.25) is 0 Å². The summed E-state index contributed by atoms with van der Waals surface area (Å²) in [7, 11) is 0. The summed E-state index contributed by atoms with van der Waals surface area (Å²) < 4.78 is 18.0. The maximum absolute atomic E-state index is 6.22. The molecule has 0 saturated carbocycles. The van der Waals surface area contributed by atoms with Crippen molar-refractivity contribution in [2.24, 2.45) is 10.8 Å². The number of benzene rings is 2. The first-order chi connectivity index (χ1) is 14.1. The van der Waals surface area contributed by atoms with Crippen molar-refractivity contribution in [3.8, 4) is 11.5 Å². The van der Waals surface area contributed by atoms with Crippen LogP contribution in [0.4, 0.5) is 0 Å². The predicted octanol–water partition coefficient (Wildman–Crippen LogP) is 7.46. The maximum atomic E-state index is 6.22. The Labute approximate surface area is 183 Å². The molecular weight excluding hydrogens is 372 g/mol. The van der Waals surface area contributed by atoms with Gasteiger partial charge in [0, 0.05) is 6.42 Å². The molecule has 0 amide bonds. The first-order valence-electron chi connectivity index (χ1n) is 11.1. The van der Waals surface area contributed by atoms with E-state index >= 15 is 0 Å². The van der Waals surface area contributed by atoms with Gasteiger partial charge in [0.05, 0.1) is 6.61 Å². The van der Waals surface area contributed by atoms with Crippen LogP contribution in [-0.4, -0.2) is 19.5 Å². The summed E-state index contributed by atoms with van der Waals surface area (Å²) in [5, 5.41) is 0. The van der Waals surface area contributed by atoms with E-state index in [2.05, 4.69) is 72.7 Å². The highest BCUT2D eigenvalue weighted by atomic mass is 16.7. The minimum atomic E-state index is -0.306. The van der Waals surface area contributed by atoms with Crippen molar-refractivity contribution in [2.45, 2.75) is 73.5 Å². The molecular formula is C27H40O3. The van der Waals surface area contributed by atoms with E-state index in [0.717, 1.165) is 24.3 Å². The van der Waals surface area contributed by atoms with E-state index in [0.29, 0.717) is 19.1 Å². The highest BCUT2D eigenvalue weighted by molar-refractivity contribution is 5.30. The number of hydrogen-bond acceptors (Lipinski definition) is 3. The van der Waals surface area contributed by atoms with E-state index < -0.39 is 0 Å². The molecule has 166 valence electrons. The third-order valence-corrected chi connectivity index (χ3v) is 5.18. The molecule has 2 rings (SSSR count). The second kappa shape index (κ2) is 10.9. The zero-order valence-electron chi connectivity index (χ0n) is 19.9. The Morgan fingerprint density at radius 1 is 0.767 bits per heavy atom. The molecule has 0 bridgehead atoms. The average molecular weight is 413 g/mol. The maximum Gasteiger partial charge on any atom is 0.200 e. The molecule has 0 radical (unpaired) electrons. The van der Waals surface area contributed by atoms with Crippen molar-refractivity contribution < 1.29 is 14.2 Å². The summed E-state index contributed by atoms with van der Waals surface area (Å²) in [4.78, 5) is 0. The van der Waals surface area contributed by atoms with Crippen LogP contribution >= 0.6 is 0 Å². The molecule has 2 atom stereocenters. The van der Waals surface area contributed by atoms with Gasteiger partial charge in [-0.05, 0) is 53.0 Å². The molecule has 0 fully saturated rings. The molecule has 0 aliphatic rings. The Kier molecular flexibility index (Phi) is 8.78. The Balaban J connectivity index is 1.96. The smallest absolute Gasteiger partial charge is 0.200 e. The normalized spacial score (nSPS) is 14.2. The number of para-hydroxylation sites is 1. The van der Waals surface area contributed by atoms with Gasteiger partial charge in [-0.15, -0.1) is 0 Å². The van der Waals surface area contributed by atoms with Crippen molar-refractivity contribution in [3.05, 3.63) is 60.2 Å². The molecule has 0 saturated heterocycles. The summed E-state index contributed by atoms with van der Waals surface area (Å²) in [5.41, 5.74) is 1.71. The van der Waals surface area contributed by atoms with Crippen molar-refractivity contribution >= 4 is 0 Å². The van der Waals surface area contributed by atoms with Crippen LogP contribution in [0.3, 0.4) is 0 Å². The molecule has 30 heavy (non-hydrogen) atoms. The third-order valence-electron chi connectivity index (χ3n) is 5.18. The van der Waals surface area contributed by atoms with Gasteiger partial charge in [0.15, 0.2) is 6.29 Å². The highest BCUT2D eigenvalue weighted by Crippen LogP contribution is 2.38. The zero-order valence-corrected chi connectivity index (χ0v) is 19.9. The molecule has 2 unspecified atom stereocenters. The number of rotatable bonds is 10. The Morgan fingerprint density at radius 3 is 1.93 bits per heavy atom. The molecule has 0 aliphatic carbocycles. The largest absolute Gasteiger partial charge is 0.491 e. The van der Waals surface area contributed by atoms with Gasteiger partial charge in [-0.3, -0.25) is 0 Å². The lowest BCUT2D eigenvalue weighted by atomic mass is 9.75. The zero-order chi connectivity index (χ0) is 22.2. The Bertz CT molecular complexity index is 723. The fraction of sp³-hybridized carbons (Fsp3) is 0.556. The molecule has 2 aromatic carbocycles. The van der Waals surface area contributed by atoms with Crippen LogP contribution in [-0.2, 0) is 4.74 Å². The van der Waals surface area contributed by atoms with Gasteiger partial charge in [0.25, 0.3) is 0 Å². The van der Waals surface area contributed by atoms with Crippen LogP contribution in [0, 0.1) is 10.8 Å². The van der Waals surface area contributed by atoms with Gasteiger partial charge in [-0.25, -0.2) is 0 Å². The van der Waals surface area contributed by atoms with Crippen molar-refractivity contribution in [1.82, 2.24) is 0 Å². The van der Waals surface area contributed by atoms with Crippen LogP contribution < -0.4 is 9.47 Å². The van der Waals surface area contributed by atoms with E-state index in [1.165, 1.54) is 5.56 Å². The fourth-order valence-corrected chi connectivity index (χ4v) is 3.77. The molecule has 3 nitrogen and oxygen atoms in total. The minimum Gasteiger partial charge on any atom is -0.491 e. The van der Waals surface area contributed by atoms with Crippen LogP contribution in [0.5, 0.6) is 11.5 Å². The summed E-state index contributed by atoms with van der Waals surface area (Å²) in [5.74, 6) is 2.23. The average Bonchev–Trinajstić information content (AvgIpc) is 2.65. The van der Waals surface area contributed by atoms with Crippen LogP contribution in [0.25, 0.3) is 0 Å².